The maximum atomic E-state index is 11.2. The quantitative estimate of drug-likeness (QED) is 0.903. The molecule has 1 aliphatic heterocycles. The third-order valence-electron chi connectivity index (χ3n) is 4.05. The first kappa shape index (κ1) is 13.6. The second-order valence-electron chi connectivity index (χ2n) is 5.35. The lowest BCUT2D eigenvalue weighted by atomic mass is 9.98. The number of benzene rings is 2. The topological polar surface area (TPSA) is 72.3 Å². The Labute approximate surface area is 124 Å². The molecule has 3 rings (SSSR count). The van der Waals surface area contributed by atoms with E-state index in [0.717, 1.165) is 18.7 Å². The van der Waals surface area contributed by atoms with Gasteiger partial charge >= 0.3 is 0 Å². The molecule has 1 amide bonds. The van der Waals surface area contributed by atoms with Crippen LogP contribution in [0.15, 0.2) is 48.5 Å². The Hall–Kier alpha value is -2.33. The van der Waals surface area contributed by atoms with Gasteiger partial charge in [0.25, 0.3) is 0 Å². The molecule has 1 atom stereocenters. The standard InChI is InChI=1S/C17H19N3O/c18-10-9-13-11-20(16-4-2-1-3-15(13)16)14-7-5-12(6-8-14)17(19)21/h1-8,13H,9-11,18H2,(H2,19,21). The second-order valence-corrected chi connectivity index (χ2v) is 5.35. The molecule has 0 aliphatic carbocycles. The summed E-state index contributed by atoms with van der Waals surface area (Å²) < 4.78 is 0. The maximum Gasteiger partial charge on any atom is 0.248 e. The van der Waals surface area contributed by atoms with Crippen molar-refractivity contribution in [3.8, 4) is 0 Å². The van der Waals surface area contributed by atoms with E-state index >= 15 is 0 Å². The number of rotatable bonds is 4. The van der Waals surface area contributed by atoms with Gasteiger partial charge in [0.1, 0.15) is 0 Å². The van der Waals surface area contributed by atoms with Crippen LogP contribution in [0.5, 0.6) is 0 Å². The molecule has 21 heavy (non-hydrogen) atoms. The van der Waals surface area contributed by atoms with Crippen LogP contribution in [0.4, 0.5) is 11.4 Å². The third kappa shape index (κ3) is 2.50. The number of hydrogen-bond donors (Lipinski definition) is 2. The van der Waals surface area contributed by atoms with Crippen LogP contribution in [0.2, 0.25) is 0 Å². The van der Waals surface area contributed by atoms with Gasteiger partial charge in [-0.3, -0.25) is 4.79 Å². The van der Waals surface area contributed by atoms with Gasteiger partial charge in [0.2, 0.25) is 5.91 Å². The highest BCUT2D eigenvalue weighted by atomic mass is 16.1. The van der Waals surface area contributed by atoms with Crippen LogP contribution < -0.4 is 16.4 Å². The predicted octanol–water partition coefficient (Wildman–Crippen LogP) is 2.37. The molecule has 1 heterocycles. The van der Waals surface area contributed by atoms with Crippen molar-refractivity contribution in [1.29, 1.82) is 0 Å². The van der Waals surface area contributed by atoms with Crippen molar-refractivity contribution in [2.75, 3.05) is 18.0 Å². The average molecular weight is 281 g/mol. The fourth-order valence-corrected chi connectivity index (χ4v) is 2.99. The summed E-state index contributed by atoms with van der Waals surface area (Å²) in [7, 11) is 0. The monoisotopic (exact) mass is 281 g/mol. The molecule has 1 aliphatic rings. The van der Waals surface area contributed by atoms with Gasteiger partial charge in [-0.1, -0.05) is 18.2 Å². The number of anilines is 2. The summed E-state index contributed by atoms with van der Waals surface area (Å²) >= 11 is 0. The molecule has 4 heteroatoms. The molecule has 0 aromatic heterocycles. The van der Waals surface area contributed by atoms with E-state index in [-0.39, 0.29) is 0 Å². The van der Waals surface area contributed by atoms with E-state index in [1.54, 1.807) is 12.1 Å². The summed E-state index contributed by atoms with van der Waals surface area (Å²) in [6.45, 7) is 1.61. The molecule has 0 spiro atoms. The van der Waals surface area contributed by atoms with Crippen LogP contribution in [0.3, 0.4) is 0 Å². The zero-order chi connectivity index (χ0) is 14.8. The Bertz CT molecular complexity index is 651. The van der Waals surface area contributed by atoms with E-state index in [0.29, 0.717) is 18.0 Å². The number of fused-ring (bicyclic) bond motifs is 1. The molecule has 2 aromatic rings. The highest BCUT2D eigenvalue weighted by Gasteiger charge is 2.28. The lowest BCUT2D eigenvalue weighted by molar-refractivity contribution is 0.100. The van der Waals surface area contributed by atoms with Gasteiger partial charge in [0, 0.05) is 29.4 Å². The number of nitrogens with two attached hydrogens (primary N) is 2. The number of amides is 1. The van der Waals surface area contributed by atoms with Crippen molar-refractivity contribution >= 4 is 17.3 Å². The zero-order valence-corrected chi connectivity index (χ0v) is 11.8. The lowest BCUT2D eigenvalue weighted by Gasteiger charge is -2.20. The van der Waals surface area contributed by atoms with Gasteiger partial charge in [-0.05, 0) is 48.9 Å². The van der Waals surface area contributed by atoms with Crippen molar-refractivity contribution in [3.63, 3.8) is 0 Å². The van der Waals surface area contributed by atoms with Gasteiger partial charge in [-0.2, -0.15) is 0 Å². The largest absolute Gasteiger partial charge is 0.366 e. The van der Waals surface area contributed by atoms with E-state index in [1.807, 2.05) is 12.1 Å². The van der Waals surface area contributed by atoms with Crippen molar-refractivity contribution in [2.24, 2.45) is 11.5 Å². The minimum atomic E-state index is -0.399. The number of primary amides is 1. The molecule has 108 valence electrons. The highest BCUT2D eigenvalue weighted by molar-refractivity contribution is 5.93. The SMILES string of the molecule is NCCC1CN(c2ccc(C(N)=O)cc2)c2ccccc21. The van der Waals surface area contributed by atoms with Crippen LogP contribution >= 0.6 is 0 Å². The van der Waals surface area contributed by atoms with E-state index in [1.165, 1.54) is 11.3 Å². The first-order chi connectivity index (χ1) is 10.2. The van der Waals surface area contributed by atoms with Gasteiger partial charge in [0.05, 0.1) is 0 Å². The first-order valence-electron chi connectivity index (χ1n) is 7.17. The Kier molecular flexibility index (Phi) is 3.62. The molecular formula is C17H19N3O. The fraction of sp³-hybridized carbons (Fsp3) is 0.235. The molecule has 4 N–H and O–H groups in total. The van der Waals surface area contributed by atoms with E-state index in [2.05, 4.69) is 29.2 Å². The molecule has 4 nitrogen and oxygen atoms in total. The Morgan fingerprint density at radius 1 is 1.14 bits per heavy atom. The number of nitrogens with zero attached hydrogens (tertiary/aromatic N) is 1. The second kappa shape index (κ2) is 5.58. The first-order valence-corrected chi connectivity index (χ1v) is 7.17. The third-order valence-corrected chi connectivity index (χ3v) is 4.05. The summed E-state index contributed by atoms with van der Waals surface area (Å²) in [5, 5.41) is 0. The molecule has 0 fully saturated rings. The van der Waals surface area contributed by atoms with Gasteiger partial charge in [-0.15, -0.1) is 0 Å². The summed E-state index contributed by atoms with van der Waals surface area (Å²) in [6, 6.07) is 15.9. The van der Waals surface area contributed by atoms with E-state index in [9.17, 15) is 4.79 Å². The smallest absolute Gasteiger partial charge is 0.248 e. The minimum Gasteiger partial charge on any atom is -0.366 e. The Morgan fingerprint density at radius 2 is 1.86 bits per heavy atom. The molecule has 0 bridgehead atoms. The number of para-hydroxylation sites is 1. The normalized spacial score (nSPS) is 16.8. The number of carbonyl (C=O) groups is 1. The zero-order valence-electron chi connectivity index (χ0n) is 11.8. The van der Waals surface area contributed by atoms with Crippen LogP contribution in [-0.2, 0) is 0 Å². The fourth-order valence-electron chi connectivity index (χ4n) is 2.99. The van der Waals surface area contributed by atoms with Crippen LogP contribution in [0.25, 0.3) is 0 Å². The van der Waals surface area contributed by atoms with Crippen LogP contribution in [-0.4, -0.2) is 19.0 Å². The molecule has 0 saturated carbocycles. The van der Waals surface area contributed by atoms with Crippen molar-refractivity contribution in [3.05, 3.63) is 59.7 Å². The Balaban J connectivity index is 1.94. The molecule has 2 aromatic carbocycles. The van der Waals surface area contributed by atoms with E-state index in [4.69, 9.17) is 11.5 Å². The summed E-state index contributed by atoms with van der Waals surface area (Å²) in [5.74, 6) is 0.0615. The summed E-state index contributed by atoms with van der Waals surface area (Å²) in [5.41, 5.74) is 15.2. The average Bonchev–Trinajstić information content (AvgIpc) is 2.87. The predicted molar refractivity (Wildman–Crippen MR) is 84.8 cm³/mol. The minimum absolute atomic E-state index is 0.399. The van der Waals surface area contributed by atoms with Crippen molar-refractivity contribution < 1.29 is 4.79 Å². The van der Waals surface area contributed by atoms with Gasteiger partial charge < -0.3 is 16.4 Å². The molecule has 0 radical (unpaired) electrons. The maximum absolute atomic E-state index is 11.2. The summed E-state index contributed by atoms with van der Waals surface area (Å²) in [6.07, 6.45) is 0.979. The van der Waals surface area contributed by atoms with Gasteiger partial charge in [-0.25, -0.2) is 0 Å². The van der Waals surface area contributed by atoms with Crippen molar-refractivity contribution in [2.45, 2.75) is 12.3 Å². The number of hydrogen-bond acceptors (Lipinski definition) is 3. The van der Waals surface area contributed by atoms with E-state index < -0.39 is 5.91 Å². The number of carbonyl (C=O) groups excluding carboxylic acids is 1. The molecular weight excluding hydrogens is 262 g/mol. The molecule has 0 saturated heterocycles. The van der Waals surface area contributed by atoms with Crippen LogP contribution in [0.1, 0.15) is 28.3 Å². The van der Waals surface area contributed by atoms with Crippen LogP contribution in [0, 0.1) is 0 Å². The molecule has 1 unspecified atom stereocenters. The van der Waals surface area contributed by atoms with Crippen molar-refractivity contribution in [1.82, 2.24) is 0 Å². The lowest BCUT2D eigenvalue weighted by Crippen LogP contribution is -2.17. The summed E-state index contributed by atoms with van der Waals surface area (Å²) in [4.78, 5) is 13.4. The highest BCUT2D eigenvalue weighted by Crippen LogP contribution is 2.41. The van der Waals surface area contributed by atoms with Gasteiger partial charge in [0.15, 0.2) is 0 Å². The Morgan fingerprint density at radius 3 is 2.52 bits per heavy atom.